The summed E-state index contributed by atoms with van der Waals surface area (Å²) in [4.78, 5) is 0. The van der Waals surface area contributed by atoms with Gasteiger partial charge < -0.3 is 9.84 Å². The Morgan fingerprint density at radius 2 is 2.00 bits per heavy atom. The Labute approximate surface area is 112 Å². The van der Waals surface area contributed by atoms with E-state index in [4.69, 9.17) is 10.00 Å². The summed E-state index contributed by atoms with van der Waals surface area (Å²) in [5.41, 5.74) is 2.30. The van der Waals surface area contributed by atoms with Crippen LogP contribution in [0.2, 0.25) is 0 Å². The minimum atomic E-state index is -0.625. The number of ether oxygens (including phenoxy) is 1. The highest BCUT2D eigenvalue weighted by molar-refractivity contribution is 5.35. The minimum absolute atomic E-state index is 0.492. The second-order valence-corrected chi connectivity index (χ2v) is 4.31. The molecular formula is C16H15NO2. The van der Waals surface area contributed by atoms with E-state index in [0.717, 1.165) is 16.9 Å². The van der Waals surface area contributed by atoms with Crippen LogP contribution in [0.1, 0.15) is 22.8 Å². The Hall–Kier alpha value is -2.31. The summed E-state index contributed by atoms with van der Waals surface area (Å²) in [5, 5.41) is 19.1. The van der Waals surface area contributed by atoms with Crippen LogP contribution in [0.5, 0.6) is 5.75 Å². The molecule has 0 heterocycles. The van der Waals surface area contributed by atoms with Gasteiger partial charge in [0.1, 0.15) is 5.75 Å². The van der Waals surface area contributed by atoms with Crippen molar-refractivity contribution in [2.24, 2.45) is 0 Å². The van der Waals surface area contributed by atoms with E-state index in [0.29, 0.717) is 12.0 Å². The molecule has 0 aliphatic heterocycles. The van der Waals surface area contributed by atoms with E-state index >= 15 is 0 Å². The first-order valence-corrected chi connectivity index (χ1v) is 6.04. The minimum Gasteiger partial charge on any atom is -0.497 e. The molecule has 1 unspecified atom stereocenters. The molecule has 1 N–H and O–H groups in total. The Kier molecular flexibility index (Phi) is 4.17. The first kappa shape index (κ1) is 13.1. The standard InChI is InChI=1S/C16H15NO2/c1-19-15-7-3-4-12(9-15)10-16(18)14-6-2-5-13(8-14)11-17/h2-9,16,18H,10H2,1H3. The molecule has 2 aromatic carbocycles. The first-order chi connectivity index (χ1) is 9.22. The van der Waals surface area contributed by atoms with Crippen molar-refractivity contribution in [1.82, 2.24) is 0 Å². The highest BCUT2D eigenvalue weighted by Crippen LogP contribution is 2.21. The van der Waals surface area contributed by atoms with Gasteiger partial charge in [0, 0.05) is 6.42 Å². The van der Waals surface area contributed by atoms with Gasteiger partial charge in [-0.15, -0.1) is 0 Å². The van der Waals surface area contributed by atoms with Crippen LogP contribution in [0.3, 0.4) is 0 Å². The number of nitriles is 1. The molecule has 3 nitrogen and oxygen atoms in total. The molecule has 3 heteroatoms. The van der Waals surface area contributed by atoms with Crippen LogP contribution in [0.4, 0.5) is 0 Å². The maximum absolute atomic E-state index is 10.2. The molecule has 0 saturated carbocycles. The van der Waals surface area contributed by atoms with Crippen LogP contribution in [0.15, 0.2) is 48.5 Å². The van der Waals surface area contributed by atoms with E-state index in [9.17, 15) is 5.11 Å². The molecule has 1 atom stereocenters. The van der Waals surface area contributed by atoms with Crippen LogP contribution in [-0.4, -0.2) is 12.2 Å². The molecule has 0 saturated heterocycles. The summed E-state index contributed by atoms with van der Waals surface area (Å²) < 4.78 is 5.15. The number of rotatable bonds is 4. The van der Waals surface area contributed by atoms with Gasteiger partial charge in [0.25, 0.3) is 0 Å². The first-order valence-electron chi connectivity index (χ1n) is 6.04. The van der Waals surface area contributed by atoms with E-state index in [1.165, 1.54) is 0 Å². The van der Waals surface area contributed by atoms with Crippen molar-refractivity contribution in [2.45, 2.75) is 12.5 Å². The van der Waals surface area contributed by atoms with Gasteiger partial charge in [-0.2, -0.15) is 5.26 Å². The third-order valence-corrected chi connectivity index (χ3v) is 2.96. The monoisotopic (exact) mass is 253 g/mol. The Morgan fingerprint density at radius 1 is 1.21 bits per heavy atom. The highest BCUT2D eigenvalue weighted by atomic mass is 16.5. The fourth-order valence-corrected chi connectivity index (χ4v) is 1.96. The molecule has 2 aromatic rings. The van der Waals surface area contributed by atoms with Crippen LogP contribution < -0.4 is 4.74 Å². The van der Waals surface area contributed by atoms with Crippen molar-refractivity contribution in [1.29, 1.82) is 5.26 Å². The third kappa shape index (κ3) is 3.34. The summed E-state index contributed by atoms with van der Waals surface area (Å²) in [6.45, 7) is 0. The Bertz CT molecular complexity index is 602. The molecule has 0 bridgehead atoms. The van der Waals surface area contributed by atoms with Crippen molar-refractivity contribution in [3.05, 3.63) is 65.2 Å². The second-order valence-electron chi connectivity index (χ2n) is 4.31. The lowest BCUT2D eigenvalue weighted by molar-refractivity contribution is 0.178. The van der Waals surface area contributed by atoms with Crippen LogP contribution >= 0.6 is 0 Å². The summed E-state index contributed by atoms with van der Waals surface area (Å²) in [7, 11) is 1.62. The predicted octanol–water partition coefficient (Wildman–Crippen LogP) is 2.84. The van der Waals surface area contributed by atoms with Gasteiger partial charge in [0.05, 0.1) is 24.8 Å². The quantitative estimate of drug-likeness (QED) is 0.911. The van der Waals surface area contributed by atoms with Crippen molar-refractivity contribution in [2.75, 3.05) is 7.11 Å². The highest BCUT2D eigenvalue weighted by Gasteiger charge is 2.09. The lowest BCUT2D eigenvalue weighted by Gasteiger charge is -2.12. The number of aliphatic hydroxyl groups is 1. The topological polar surface area (TPSA) is 53.2 Å². The van der Waals surface area contributed by atoms with Gasteiger partial charge in [-0.25, -0.2) is 0 Å². The average molecular weight is 253 g/mol. The Balaban J connectivity index is 2.15. The molecule has 0 amide bonds. The number of benzene rings is 2. The summed E-state index contributed by atoms with van der Waals surface area (Å²) >= 11 is 0. The fourth-order valence-electron chi connectivity index (χ4n) is 1.96. The zero-order chi connectivity index (χ0) is 13.7. The van der Waals surface area contributed by atoms with Crippen LogP contribution in [0.25, 0.3) is 0 Å². The van der Waals surface area contributed by atoms with Gasteiger partial charge in [-0.1, -0.05) is 24.3 Å². The molecule has 0 radical (unpaired) electrons. The van der Waals surface area contributed by atoms with E-state index in [1.54, 1.807) is 25.3 Å². The average Bonchev–Trinajstić information content (AvgIpc) is 2.47. The van der Waals surface area contributed by atoms with Gasteiger partial charge >= 0.3 is 0 Å². The zero-order valence-electron chi connectivity index (χ0n) is 10.7. The van der Waals surface area contributed by atoms with Crippen molar-refractivity contribution in [3.63, 3.8) is 0 Å². The van der Waals surface area contributed by atoms with E-state index in [-0.39, 0.29) is 0 Å². The predicted molar refractivity (Wildman–Crippen MR) is 72.8 cm³/mol. The Morgan fingerprint density at radius 3 is 2.74 bits per heavy atom. The maximum atomic E-state index is 10.2. The number of methoxy groups -OCH3 is 1. The van der Waals surface area contributed by atoms with Gasteiger partial charge in [-0.05, 0) is 35.4 Å². The normalized spacial score (nSPS) is 11.6. The smallest absolute Gasteiger partial charge is 0.119 e. The summed E-state index contributed by atoms with van der Waals surface area (Å²) in [6.07, 6.45) is -0.132. The van der Waals surface area contributed by atoms with E-state index < -0.39 is 6.10 Å². The molecule has 0 spiro atoms. The third-order valence-electron chi connectivity index (χ3n) is 2.96. The molecule has 0 fully saturated rings. The van der Waals surface area contributed by atoms with Crippen LogP contribution in [0, 0.1) is 11.3 Å². The zero-order valence-corrected chi connectivity index (χ0v) is 10.7. The van der Waals surface area contributed by atoms with Gasteiger partial charge in [-0.3, -0.25) is 0 Å². The van der Waals surface area contributed by atoms with E-state index in [2.05, 4.69) is 6.07 Å². The molecule has 0 aliphatic carbocycles. The van der Waals surface area contributed by atoms with Crippen molar-refractivity contribution < 1.29 is 9.84 Å². The molecule has 2 rings (SSSR count). The molecule has 0 aliphatic rings. The second kappa shape index (κ2) is 6.03. The van der Waals surface area contributed by atoms with Crippen molar-refractivity contribution in [3.8, 4) is 11.8 Å². The van der Waals surface area contributed by atoms with Crippen LogP contribution in [-0.2, 0) is 6.42 Å². The molecule has 19 heavy (non-hydrogen) atoms. The maximum Gasteiger partial charge on any atom is 0.119 e. The van der Waals surface area contributed by atoms with Crippen molar-refractivity contribution >= 4 is 0 Å². The number of hydrogen-bond acceptors (Lipinski definition) is 3. The van der Waals surface area contributed by atoms with Gasteiger partial charge in [0.2, 0.25) is 0 Å². The van der Waals surface area contributed by atoms with E-state index in [1.807, 2.05) is 30.3 Å². The largest absolute Gasteiger partial charge is 0.497 e. The number of aliphatic hydroxyl groups excluding tert-OH is 1. The summed E-state index contributed by atoms with van der Waals surface area (Å²) in [5.74, 6) is 0.774. The number of nitrogens with zero attached hydrogens (tertiary/aromatic N) is 1. The number of hydrogen-bond donors (Lipinski definition) is 1. The lowest BCUT2D eigenvalue weighted by Crippen LogP contribution is -2.02. The molecule has 96 valence electrons. The SMILES string of the molecule is COc1cccc(CC(O)c2cccc(C#N)c2)c1. The molecular weight excluding hydrogens is 238 g/mol. The summed E-state index contributed by atoms with van der Waals surface area (Å²) in [6, 6.07) is 16.7. The molecule has 0 aromatic heterocycles. The fraction of sp³-hybridized carbons (Fsp3) is 0.188. The lowest BCUT2D eigenvalue weighted by atomic mass is 10.00. The van der Waals surface area contributed by atoms with Gasteiger partial charge in [0.15, 0.2) is 0 Å².